The number of anilines is 1. The highest BCUT2D eigenvalue weighted by molar-refractivity contribution is 7.92. The first-order chi connectivity index (χ1) is 17.5. The van der Waals surface area contributed by atoms with Gasteiger partial charge in [-0.2, -0.15) is 0 Å². The van der Waals surface area contributed by atoms with E-state index in [0.717, 1.165) is 5.56 Å². The highest BCUT2D eigenvalue weighted by Crippen LogP contribution is 2.31. The van der Waals surface area contributed by atoms with Gasteiger partial charge in [-0.1, -0.05) is 24.6 Å². The predicted molar refractivity (Wildman–Crippen MR) is 147 cm³/mol. The molecular formula is C27H34ClFN4O3S. The molecule has 1 aliphatic rings. The van der Waals surface area contributed by atoms with E-state index in [1.807, 2.05) is 6.92 Å². The van der Waals surface area contributed by atoms with Gasteiger partial charge < -0.3 is 9.88 Å². The number of fused-ring (bicyclic) bond motifs is 2. The van der Waals surface area contributed by atoms with Crippen LogP contribution in [-0.2, 0) is 23.0 Å². The normalized spacial score (nSPS) is 16.2. The number of hydrogen-bond donors (Lipinski definition) is 1. The van der Waals surface area contributed by atoms with Gasteiger partial charge in [-0.05, 0) is 68.1 Å². The van der Waals surface area contributed by atoms with E-state index in [9.17, 15) is 17.6 Å². The van der Waals surface area contributed by atoms with E-state index in [0.29, 0.717) is 71.9 Å². The van der Waals surface area contributed by atoms with Crippen molar-refractivity contribution in [3.05, 3.63) is 64.1 Å². The van der Waals surface area contributed by atoms with Crippen molar-refractivity contribution in [1.29, 1.82) is 0 Å². The number of H-pyrrole nitrogens is 1. The number of nitrogens with one attached hydrogen (secondary N) is 1. The van der Waals surface area contributed by atoms with E-state index in [1.165, 1.54) is 22.7 Å². The molecule has 2 heterocycles. The molecule has 1 N–H and O–H groups in total. The third kappa shape index (κ3) is 5.94. The quantitative estimate of drug-likeness (QED) is 0.495. The van der Waals surface area contributed by atoms with E-state index in [2.05, 4.69) is 23.7 Å². The molecule has 0 atom stereocenters. The van der Waals surface area contributed by atoms with Gasteiger partial charge in [0.15, 0.2) is 0 Å². The molecule has 0 spiro atoms. The van der Waals surface area contributed by atoms with Crippen LogP contribution >= 0.6 is 11.6 Å². The molecule has 0 fully saturated rings. The number of benzene rings is 2. The molecule has 37 heavy (non-hydrogen) atoms. The topological polar surface area (TPSA) is 76.7 Å². The molecule has 0 unspecified atom stereocenters. The van der Waals surface area contributed by atoms with Crippen LogP contribution in [0.2, 0.25) is 5.02 Å². The van der Waals surface area contributed by atoms with Crippen LogP contribution in [-0.4, -0.2) is 67.6 Å². The molecule has 3 aromatic rings. The zero-order chi connectivity index (χ0) is 26.9. The van der Waals surface area contributed by atoms with Crippen LogP contribution in [0.4, 0.5) is 10.1 Å². The number of carbonyl (C=O) groups is 1. The fraction of sp³-hybridized carbons (Fsp3) is 0.444. The van der Waals surface area contributed by atoms with Crippen LogP contribution in [0.15, 0.2) is 36.4 Å². The van der Waals surface area contributed by atoms with E-state index >= 15 is 0 Å². The van der Waals surface area contributed by atoms with Crippen molar-refractivity contribution >= 4 is 44.1 Å². The van der Waals surface area contributed by atoms with Gasteiger partial charge >= 0.3 is 0 Å². The summed E-state index contributed by atoms with van der Waals surface area (Å²) in [5, 5.41) is 1.12. The Hall–Kier alpha value is -2.62. The third-order valence-electron chi connectivity index (χ3n) is 6.99. The van der Waals surface area contributed by atoms with Gasteiger partial charge in [0.05, 0.1) is 11.9 Å². The Labute approximate surface area is 223 Å². The van der Waals surface area contributed by atoms with Crippen LogP contribution in [0.25, 0.3) is 10.9 Å². The minimum atomic E-state index is -3.58. The van der Waals surface area contributed by atoms with Gasteiger partial charge in [-0.15, -0.1) is 0 Å². The molecule has 0 bridgehead atoms. The van der Waals surface area contributed by atoms with Crippen LogP contribution in [0.3, 0.4) is 0 Å². The number of aromatic nitrogens is 1. The highest BCUT2D eigenvalue weighted by Gasteiger charge is 2.28. The Balaban J connectivity index is 1.82. The lowest BCUT2D eigenvalue weighted by Crippen LogP contribution is -2.41. The van der Waals surface area contributed by atoms with Crippen LogP contribution in [0.1, 0.15) is 48.8 Å². The Bertz CT molecular complexity index is 1410. The number of hydrogen-bond acceptors (Lipinski definition) is 4. The minimum Gasteiger partial charge on any atom is -0.350 e. The van der Waals surface area contributed by atoms with Crippen molar-refractivity contribution in [2.75, 3.05) is 36.7 Å². The average molecular weight is 549 g/mol. The van der Waals surface area contributed by atoms with Gasteiger partial charge in [0.25, 0.3) is 5.91 Å². The molecule has 7 nitrogen and oxygen atoms in total. The largest absolute Gasteiger partial charge is 0.350 e. The van der Waals surface area contributed by atoms with Crippen LogP contribution in [0, 0.1) is 5.82 Å². The molecule has 2 aromatic carbocycles. The Morgan fingerprint density at radius 3 is 2.54 bits per heavy atom. The smallest absolute Gasteiger partial charge is 0.270 e. The second kappa shape index (κ2) is 11.0. The summed E-state index contributed by atoms with van der Waals surface area (Å²) < 4.78 is 41.1. The van der Waals surface area contributed by atoms with E-state index in [1.54, 1.807) is 29.2 Å². The molecule has 0 radical (unpaired) electrons. The van der Waals surface area contributed by atoms with E-state index in [-0.39, 0.29) is 24.3 Å². The summed E-state index contributed by atoms with van der Waals surface area (Å²) >= 11 is 6.30. The van der Waals surface area contributed by atoms with E-state index < -0.39 is 10.0 Å². The van der Waals surface area contributed by atoms with Gasteiger partial charge in [0.2, 0.25) is 10.0 Å². The second-order valence-electron chi connectivity index (χ2n) is 9.84. The number of nitrogens with zero attached hydrogens (tertiary/aromatic N) is 3. The maximum Gasteiger partial charge on any atom is 0.270 e. The Morgan fingerprint density at radius 1 is 1.11 bits per heavy atom. The van der Waals surface area contributed by atoms with Crippen molar-refractivity contribution in [2.24, 2.45) is 0 Å². The van der Waals surface area contributed by atoms with Gasteiger partial charge in [-0.25, -0.2) is 12.8 Å². The second-order valence-corrected chi connectivity index (χ2v) is 12.2. The van der Waals surface area contributed by atoms with Crippen LogP contribution < -0.4 is 4.31 Å². The molecule has 0 saturated heterocycles. The SMILES string of the molecule is CCc1c(C(=O)N2CCN(C(C)C)CCCN(S(C)(=O)=O)c3cc(Cl)ccc3C2)[nH]c2ccc(F)cc12. The molecular weight excluding hydrogens is 515 g/mol. The number of rotatable bonds is 4. The molecule has 0 aliphatic carbocycles. The number of aryl methyl sites for hydroxylation is 1. The molecule has 1 amide bonds. The summed E-state index contributed by atoms with van der Waals surface area (Å²) in [6, 6.07) is 9.86. The molecule has 200 valence electrons. The van der Waals surface area contributed by atoms with Crippen molar-refractivity contribution in [1.82, 2.24) is 14.8 Å². The standard InChI is InChI=1S/C27H34ClFN4O3S/c1-5-22-23-16-21(29)9-10-24(23)30-26(22)27(34)32-14-13-31(18(2)3)11-6-12-33(37(4,35)36)25-15-20(28)8-7-19(25)17-32/h7-10,15-16,18,30H,5-6,11-14,17H2,1-4H3. The number of aromatic amines is 1. The highest BCUT2D eigenvalue weighted by atomic mass is 35.5. The van der Waals surface area contributed by atoms with Crippen molar-refractivity contribution in [3.8, 4) is 0 Å². The molecule has 1 aromatic heterocycles. The molecule has 10 heteroatoms. The first-order valence-electron chi connectivity index (χ1n) is 12.6. The summed E-state index contributed by atoms with van der Waals surface area (Å²) in [5.41, 5.74) is 3.09. The van der Waals surface area contributed by atoms with E-state index in [4.69, 9.17) is 11.6 Å². The lowest BCUT2D eigenvalue weighted by Gasteiger charge is -2.30. The zero-order valence-electron chi connectivity index (χ0n) is 21.7. The van der Waals surface area contributed by atoms with Gasteiger partial charge in [0.1, 0.15) is 11.5 Å². The summed E-state index contributed by atoms with van der Waals surface area (Å²) in [6.07, 6.45) is 2.39. The predicted octanol–water partition coefficient (Wildman–Crippen LogP) is 5.05. The Morgan fingerprint density at radius 2 is 1.86 bits per heavy atom. The summed E-state index contributed by atoms with van der Waals surface area (Å²) in [5.74, 6) is -0.557. The third-order valence-corrected chi connectivity index (χ3v) is 8.41. The Kier molecular flexibility index (Phi) is 8.16. The average Bonchev–Trinajstić information content (AvgIpc) is 3.17. The number of carbonyl (C=O) groups excluding carboxylic acids is 1. The van der Waals surface area contributed by atoms with Gasteiger partial charge in [0, 0.05) is 54.7 Å². The molecule has 0 saturated carbocycles. The first kappa shape index (κ1) is 27.4. The fourth-order valence-electron chi connectivity index (χ4n) is 5.05. The number of halogens is 2. The number of sulfonamides is 1. The number of amides is 1. The van der Waals surface area contributed by atoms with Crippen LogP contribution in [0.5, 0.6) is 0 Å². The lowest BCUT2D eigenvalue weighted by molar-refractivity contribution is 0.0706. The van der Waals surface area contributed by atoms with Crippen molar-refractivity contribution < 1.29 is 17.6 Å². The summed E-state index contributed by atoms with van der Waals surface area (Å²) in [7, 11) is -3.58. The molecule has 1 aliphatic heterocycles. The summed E-state index contributed by atoms with van der Waals surface area (Å²) in [4.78, 5) is 21.3. The van der Waals surface area contributed by atoms with Crippen molar-refractivity contribution in [2.45, 2.75) is 46.2 Å². The lowest BCUT2D eigenvalue weighted by atomic mass is 10.1. The maximum absolute atomic E-state index is 14.0. The zero-order valence-corrected chi connectivity index (χ0v) is 23.3. The molecule has 4 rings (SSSR count). The summed E-state index contributed by atoms with van der Waals surface area (Å²) in [6.45, 7) is 8.43. The maximum atomic E-state index is 14.0. The monoisotopic (exact) mass is 548 g/mol. The van der Waals surface area contributed by atoms with Crippen molar-refractivity contribution in [3.63, 3.8) is 0 Å². The minimum absolute atomic E-state index is 0.205. The van der Waals surface area contributed by atoms with Gasteiger partial charge in [-0.3, -0.25) is 14.0 Å². The fourth-order valence-corrected chi connectivity index (χ4v) is 6.20. The first-order valence-corrected chi connectivity index (χ1v) is 14.8.